The molecule has 3 rings (SSSR count). The number of rotatable bonds is 2. The summed E-state index contributed by atoms with van der Waals surface area (Å²) in [5.41, 5.74) is 3.01. The Morgan fingerprint density at radius 2 is 2.27 bits per heavy atom. The van der Waals surface area contributed by atoms with Crippen molar-refractivity contribution in [1.29, 1.82) is 0 Å². The molecule has 0 N–H and O–H groups in total. The van der Waals surface area contributed by atoms with E-state index in [-0.39, 0.29) is 0 Å². The molecule has 3 nitrogen and oxygen atoms in total. The molecular formula is C12H12N2O. The molecule has 1 aromatic carbocycles. The molecule has 1 saturated carbocycles. The summed E-state index contributed by atoms with van der Waals surface area (Å²) in [7, 11) is 1.95. The van der Waals surface area contributed by atoms with E-state index in [2.05, 4.69) is 5.10 Å². The Hall–Kier alpha value is -1.64. The summed E-state index contributed by atoms with van der Waals surface area (Å²) in [6, 6.07) is 5.76. The van der Waals surface area contributed by atoms with Crippen molar-refractivity contribution in [2.75, 3.05) is 0 Å². The van der Waals surface area contributed by atoms with E-state index in [4.69, 9.17) is 0 Å². The van der Waals surface area contributed by atoms with E-state index in [0.717, 1.165) is 28.4 Å². The van der Waals surface area contributed by atoms with E-state index in [0.29, 0.717) is 5.92 Å². The highest BCUT2D eigenvalue weighted by Crippen LogP contribution is 2.42. The molecule has 76 valence electrons. The second-order valence-corrected chi connectivity index (χ2v) is 4.18. The van der Waals surface area contributed by atoms with Crippen LogP contribution < -0.4 is 0 Å². The molecule has 2 aromatic rings. The zero-order valence-electron chi connectivity index (χ0n) is 8.60. The van der Waals surface area contributed by atoms with Gasteiger partial charge in [0.1, 0.15) is 6.29 Å². The van der Waals surface area contributed by atoms with Gasteiger partial charge >= 0.3 is 0 Å². The van der Waals surface area contributed by atoms with Gasteiger partial charge in [-0.2, -0.15) is 5.10 Å². The van der Waals surface area contributed by atoms with Crippen LogP contribution in [-0.4, -0.2) is 16.1 Å². The third-order valence-electron chi connectivity index (χ3n) is 3.00. The van der Waals surface area contributed by atoms with Crippen LogP contribution in [0.25, 0.3) is 10.9 Å². The summed E-state index contributed by atoms with van der Waals surface area (Å²) in [5, 5.41) is 5.67. The first-order valence-electron chi connectivity index (χ1n) is 5.21. The van der Waals surface area contributed by atoms with Gasteiger partial charge in [-0.15, -0.1) is 0 Å². The molecule has 0 atom stereocenters. The summed E-state index contributed by atoms with van der Waals surface area (Å²) < 4.78 is 1.90. The number of nitrogens with zero attached hydrogens (tertiary/aromatic N) is 2. The van der Waals surface area contributed by atoms with Gasteiger partial charge in [0.2, 0.25) is 0 Å². The number of aryl methyl sites for hydroxylation is 1. The van der Waals surface area contributed by atoms with Crippen LogP contribution in [0, 0.1) is 0 Å². The molecule has 0 unspecified atom stereocenters. The zero-order valence-corrected chi connectivity index (χ0v) is 8.60. The minimum absolute atomic E-state index is 0.621. The van der Waals surface area contributed by atoms with Crippen molar-refractivity contribution in [2.45, 2.75) is 18.8 Å². The predicted molar refractivity (Wildman–Crippen MR) is 58.1 cm³/mol. The van der Waals surface area contributed by atoms with Gasteiger partial charge in [0.05, 0.1) is 11.2 Å². The van der Waals surface area contributed by atoms with E-state index in [1.165, 1.54) is 12.8 Å². The highest BCUT2D eigenvalue weighted by atomic mass is 16.1. The first-order chi connectivity index (χ1) is 7.29. The Kier molecular flexibility index (Phi) is 1.69. The minimum Gasteiger partial charge on any atom is -0.298 e. The molecule has 1 heterocycles. The Balaban J connectivity index is 2.30. The Labute approximate surface area is 87.7 Å². The van der Waals surface area contributed by atoms with E-state index in [1.807, 2.05) is 29.9 Å². The van der Waals surface area contributed by atoms with Crippen LogP contribution in [0.3, 0.4) is 0 Å². The summed E-state index contributed by atoms with van der Waals surface area (Å²) >= 11 is 0. The number of aromatic nitrogens is 2. The molecule has 0 aliphatic heterocycles. The summed E-state index contributed by atoms with van der Waals surface area (Å²) in [6.45, 7) is 0. The number of benzene rings is 1. The Bertz CT molecular complexity index is 538. The summed E-state index contributed by atoms with van der Waals surface area (Å²) in [5.74, 6) is 0.621. The largest absolute Gasteiger partial charge is 0.298 e. The van der Waals surface area contributed by atoms with E-state index in [9.17, 15) is 4.79 Å². The van der Waals surface area contributed by atoms with Crippen LogP contribution in [0.2, 0.25) is 0 Å². The van der Waals surface area contributed by atoms with Crippen molar-refractivity contribution in [2.24, 2.45) is 7.05 Å². The number of fused-ring (bicyclic) bond motifs is 1. The Morgan fingerprint density at radius 1 is 1.47 bits per heavy atom. The third kappa shape index (κ3) is 1.27. The van der Waals surface area contributed by atoms with Crippen molar-refractivity contribution >= 4 is 17.2 Å². The average molecular weight is 200 g/mol. The van der Waals surface area contributed by atoms with Crippen LogP contribution in [0.1, 0.15) is 34.8 Å². The standard InChI is InChI=1S/C12H12N2O/c1-14-11-5-2-8(7-15)6-10(11)12(13-14)9-3-4-9/h2,5-7,9H,3-4H2,1H3. The van der Waals surface area contributed by atoms with Crippen LogP contribution in [0.15, 0.2) is 18.2 Å². The fourth-order valence-electron chi connectivity index (χ4n) is 2.04. The molecule has 3 heteroatoms. The quantitative estimate of drug-likeness (QED) is 0.697. The molecule has 0 radical (unpaired) electrons. The van der Waals surface area contributed by atoms with Crippen LogP contribution >= 0.6 is 0 Å². The second-order valence-electron chi connectivity index (χ2n) is 4.18. The third-order valence-corrected chi connectivity index (χ3v) is 3.00. The lowest BCUT2D eigenvalue weighted by atomic mass is 10.1. The summed E-state index contributed by atoms with van der Waals surface area (Å²) in [4.78, 5) is 10.7. The number of hydrogen-bond donors (Lipinski definition) is 0. The first kappa shape index (κ1) is 8.65. The maximum atomic E-state index is 10.7. The SMILES string of the molecule is Cn1nc(C2CC2)c2cc(C=O)ccc21. The topological polar surface area (TPSA) is 34.9 Å². The predicted octanol–water partition coefficient (Wildman–Crippen LogP) is 2.26. The summed E-state index contributed by atoms with van der Waals surface area (Å²) in [6.07, 6.45) is 3.36. The zero-order chi connectivity index (χ0) is 10.4. The molecule has 1 fully saturated rings. The number of aldehydes is 1. The van der Waals surface area contributed by atoms with Gasteiger partial charge in [-0.25, -0.2) is 0 Å². The van der Waals surface area contributed by atoms with Crippen molar-refractivity contribution in [3.8, 4) is 0 Å². The fourth-order valence-corrected chi connectivity index (χ4v) is 2.04. The van der Waals surface area contributed by atoms with Gasteiger partial charge in [-0.3, -0.25) is 9.48 Å². The van der Waals surface area contributed by atoms with Crippen molar-refractivity contribution in [1.82, 2.24) is 9.78 Å². The molecule has 0 spiro atoms. The lowest BCUT2D eigenvalue weighted by Gasteiger charge is -1.94. The normalized spacial score (nSPS) is 15.8. The smallest absolute Gasteiger partial charge is 0.150 e. The fraction of sp³-hybridized carbons (Fsp3) is 0.333. The number of hydrogen-bond acceptors (Lipinski definition) is 2. The van der Waals surface area contributed by atoms with Crippen molar-refractivity contribution in [3.05, 3.63) is 29.5 Å². The maximum absolute atomic E-state index is 10.7. The molecule has 0 bridgehead atoms. The van der Waals surface area contributed by atoms with Gasteiger partial charge in [-0.05, 0) is 31.0 Å². The van der Waals surface area contributed by atoms with Gasteiger partial charge in [0.25, 0.3) is 0 Å². The van der Waals surface area contributed by atoms with Crippen LogP contribution in [-0.2, 0) is 7.05 Å². The molecular weight excluding hydrogens is 188 g/mol. The van der Waals surface area contributed by atoms with Crippen LogP contribution in [0.5, 0.6) is 0 Å². The Morgan fingerprint density at radius 3 is 2.93 bits per heavy atom. The number of carbonyl (C=O) groups is 1. The van der Waals surface area contributed by atoms with E-state index in [1.54, 1.807) is 0 Å². The molecule has 1 aliphatic rings. The van der Waals surface area contributed by atoms with Crippen molar-refractivity contribution < 1.29 is 4.79 Å². The van der Waals surface area contributed by atoms with Gasteiger partial charge in [0.15, 0.2) is 0 Å². The average Bonchev–Trinajstić information content (AvgIpc) is 3.04. The highest BCUT2D eigenvalue weighted by Gasteiger charge is 2.28. The number of carbonyl (C=O) groups excluding carboxylic acids is 1. The maximum Gasteiger partial charge on any atom is 0.150 e. The van der Waals surface area contributed by atoms with E-state index < -0.39 is 0 Å². The highest BCUT2D eigenvalue weighted by molar-refractivity contribution is 5.89. The molecule has 1 aliphatic carbocycles. The molecule has 0 amide bonds. The van der Waals surface area contributed by atoms with Gasteiger partial charge < -0.3 is 0 Å². The minimum atomic E-state index is 0.621. The lowest BCUT2D eigenvalue weighted by Crippen LogP contribution is -1.90. The van der Waals surface area contributed by atoms with Crippen molar-refractivity contribution in [3.63, 3.8) is 0 Å². The molecule has 15 heavy (non-hydrogen) atoms. The first-order valence-corrected chi connectivity index (χ1v) is 5.21. The van der Waals surface area contributed by atoms with Crippen LogP contribution in [0.4, 0.5) is 0 Å². The monoisotopic (exact) mass is 200 g/mol. The molecule has 1 aromatic heterocycles. The van der Waals surface area contributed by atoms with E-state index >= 15 is 0 Å². The molecule has 0 saturated heterocycles. The van der Waals surface area contributed by atoms with Gasteiger partial charge in [0, 0.05) is 23.9 Å². The second kappa shape index (κ2) is 2.92. The lowest BCUT2D eigenvalue weighted by molar-refractivity contribution is 0.112. The van der Waals surface area contributed by atoms with Gasteiger partial charge in [-0.1, -0.05) is 0 Å².